The van der Waals surface area contributed by atoms with E-state index in [1.807, 2.05) is 78.8 Å². The number of sulfonamides is 1. The van der Waals surface area contributed by atoms with Gasteiger partial charge in [-0.25, -0.2) is 8.42 Å². The van der Waals surface area contributed by atoms with Crippen molar-refractivity contribution in [3.05, 3.63) is 95.1 Å². The lowest BCUT2D eigenvalue weighted by molar-refractivity contribution is -0.141. The largest absolute Gasteiger partial charge is 0.350 e. The molecule has 0 saturated carbocycles. The Labute approximate surface area is 239 Å². The van der Waals surface area contributed by atoms with Crippen molar-refractivity contribution in [2.75, 3.05) is 10.8 Å². The summed E-state index contributed by atoms with van der Waals surface area (Å²) in [6.45, 7) is 12.9. The van der Waals surface area contributed by atoms with Gasteiger partial charge in [0.25, 0.3) is 10.0 Å². The molecular weight excluding hydrogens is 522 g/mol. The van der Waals surface area contributed by atoms with E-state index < -0.39 is 34.1 Å². The number of benzene rings is 3. The van der Waals surface area contributed by atoms with Crippen molar-refractivity contribution in [2.24, 2.45) is 0 Å². The molecule has 2 amide bonds. The Bertz CT molecular complexity index is 1440. The highest BCUT2D eigenvalue weighted by Crippen LogP contribution is 2.26. The van der Waals surface area contributed by atoms with Gasteiger partial charge in [0.1, 0.15) is 12.6 Å². The van der Waals surface area contributed by atoms with Gasteiger partial charge >= 0.3 is 0 Å². The maximum Gasteiger partial charge on any atom is 0.264 e. The van der Waals surface area contributed by atoms with E-state index in [0.29, 0.717) is 12.1 Å². The van der Waals surface area contributed by atoms with E-state index in [0.717, 1.165) is 26.6 Å². The summed E-state index contributed by atoms with van der Waals surface area (Å²) >= 11 is 0. The third-order valence-corrected chi connectivity index (χ3v) is 8.45. The molecule has 8 heteroatoms. The molecule has 0 saturated heterocycles. The highest BCUT2D eigenvalue weighted by atomic mass is 32.2. The molecule has 0 heterocycles. The lowest BCUT2D eigenvalue weighted by Crippen LogP contribution is -2.55. The van der Waals surface area contributed by atoms with Gasteiger partial charge < -0.3 is 10.2 Å². The normalized spacial score (nSPS) is 12.5. The summed E-state index contributed by atoms with van der Waals surface area (Å²) in [4.78, 5) is 29.2. The molecule has 0 unspecified atom stereocenters. The fourth-order valence-electron chi connectivity index (χ4n) is 4.49. The van der Waals surface area contributed by atoms with Crippen LogP contribution in [0.15, 0.2) is 77.7 Å². The molecule has 0 aliphatic rings. The number of rotatable bonds is 10. The highest BCUT2D eigenvalue weighted by molar-refractivity contribution is 7.92. The molecule has 1 atom stereocenters. The van der Waals surface area contributed by atoms with Crippen molar-refractivity contribution in [1.29, 1.82) is 0 Å². The highest BCUT2D eigenvalue weighted by Gasteiger charge is 2.34. The van der Waals surface area contributed by atoms with E-state index in [2.05, 4.69) is 5.32 Å². The van der Waals surface area contributed by atoms with Crippen molar-refractivity contribution in [3.63, 3.8) is 0 Å². The van der Waals surface area contributed by atoms with Crippen molar-refractivity contribution in [2.45, 2.75) is 77.9 Å². The first-order valence-electron chi connectivity index (χ1n) is 13.5. The van der Waals surface area contributed by atoms with Gasteiger partial charge in [-0.15, -0.1) is 0 Å². The lowest BCUT2D eigenvalue weighted by Gasteiger charge is -2.35. The first-order valence-corrected chi connectivity index (χ1v) is 15.0. The number of carbonyl (C=O) groups is 2. The number of hydrogen-bond donors (Lipinski definition) is 1. The van der Waals surface area contributed by atoms with Gasteiger partial charge in [0.2, 0.25) is 11.8 Å². The molecule has 3 rings (SSSR count). The topological polar surface area (TPSA) is 86.8 Å². The summed E-state index contributed by atoms with van der Waals surface area (Å²) in [5, 5.41) is 3.00. The Balaban J connectivity index is 2.09. The minimum Gasteiger partial charge on any atom is -0.350 e. The average molecular weight is 564 g/mol. The quantitative estimate of drug-likeness (QED) is 0.352. The number of aryl methyl sites for hydroxylation is 3. The van der Waals surface area contributed by atoms with E-state index in [1.54, 1.807) is 42.5 Å². The van der Waals surface area contributed by atoms with Gasteiger partial charge in [0.05, 0.1) is 10.6 Å². The predicted molar refractivity (Wildman–Crippen MR) is 161 cm³/mol. The summed E-state index contributed by atoms with van der Waals surface area (Å²) < 4.78 is 29.1. The first-order chi connectivity index (χ1) is 18.7. The second-order valence-electron chi connectivity index (χ2n) is 11.3. The molecule has 0 radical (unpaired) electrons. The summed E-state index contributed by atoms with van der Waals surface area (Å²) in [7, 11) is -4.09. The van der Waals surface area contributed by atoms with E-state index in [9.17, 15) is 18.0 Å². The lowest BCUT2D eigenvalue weighted by atomic mass is 10.0. The predicted octanol–water partition coefficient (Wildman–Crippen LogP) is 5.53. The molecule has 40 heavy (non-hydrogen) atoms. The SMILES string of the molecule is CC[C@H](C(=O)NC(C)(C)C)N(Cc1ccccc1C)C(=O)CN(c1cccc(C)c1)S(=O)(=O)c1ccc(C)cc1. The number of carbonyl (C=O) groups excluding carboxylic acids is 2. The molecule has 0 bridgehead atoms. The fourth-order valence-corrected chi connectivity index (χ4v) is 5.90. The van der Waals surface area contributed by atoms with Crippen LogP contribution in [0.3, 0.4) is 0 Å². The Morgan fingerprint density at radius 2 is 1.52 bits per heavy atom. The molecular formula is C32H41N3O4S. The number of hydrogen-bond acceptors (Lipinski definition) is 4. The summed E-state index contributed by atoms with van der Waals surface area (Å²) in [5.41, 5.74) is 3.55. The Kier molecular flexibility index (Phi) is 9.79. The molecule has 0 aliphatic heterocycles. The third kappa shape index (κ3) is 7.72. The van der Waals surface area contributed by atoms with Crippen LogP contribution >= 0.6 is 0 Å². The van der Waals surface area contributed by atoms with Gasteiger partial charge in [0.15, 0.2) is 0 Å². The van der Waals surface area contributed by atoms with Gasteiger partial charge in [-0.1, -0.05) is 61.0 Å². The van der Waals surface area contributed by atoms with Gasteiger partial charge in [-0.2, -0.15) is 0 Å². The summed E-state index contributed by atoms with van der Waals surface area (Å²) in [6.07, 6.45) is 0.370. The Morgan fingerprint density at radius 1 is 0.875 bits per heavy atom. The molecule has 0 fully saturated rings. The zero-order valence-corrected chi connectivity index (χ0v) is 25.4. The number of nitrogens with one attached hydrogen (secondary N) is 1. The van der Waals surface area contributed by atoms with Gasteiger partial charge in [-0.05, 0) is 88.9 Å². The van der Waals surface area contributed by atoms with Crippen LogP contribution in [-0.2, 0) is 26.2 Å². The average Bonchev–Trinajstić information content (AvgIpc) is 2.87. The minimum atomic E-state index is -4.09. The van der Waals surface area contributed by atoms with E-state index in [-0.39, 0.29) is 17.3 Å². The molecule has 214 valence electrons. The van der Waals surface area contributed by atoms with E-state index in [1.165, 1.54) is 4.90 Å². The molecule has 0 aliphatic carbocycles. The zero-order chi connectivity index (χ0) is 29.7. The number of anilines is 1. The Hall–Kier alpha value is -3.65. The first kappa shape index (κ1) is 30.9. The zero-order valence-electron chi connectivity index (χ0n) is 24.6. The van der Waals surface area contributed by atoms with E-state index in [4.69, 9.17) is 0 Å². The second kappa shape index (κ2) is 12.7. The van der Waals surface area contributed by atoms with Gasteiger partial charge in [-0.3, -0.25) is 13.9 Å². The molecule has 0 aromatic heterocycles. The van der Waals surface area contributed by atoms with Crippen LogP contribution in [0.2, 0.25) is 0 Å². The van der Waals surface area contributed by atoms with Crippen molar-refractivity contribution in [1.82, 2.24) is 10.2 Å². The van der Waals surface area contributed by atoms with Crippen LogP contribution in [0, 0.1) is 20.8 Å². The number of amides is 2. The van der Waals surface area contributed by atoms with Crippen molar-refractivity contribution in [3.8, 4) is 0 Å². The molecule has 3 aromatic rings. The van der Waals surface area contributed by atoms with E-state index >= 15 is 0 Å². The molecule has 1 N–H and O–H groups in total. The summed E-state index contributed by atoms with van der Waals surface area (Å²) in [5.74, 6) is -0.739. The van der Waals surface area contributed by atoms with Crippen LogP contribution in [0.25, 0.3) is 0 Å². The third-order valence-electron chi connectivity index (χ3n) is 6.66. The molecule has 3 aromatic carbocycles. The van der Waals surface area contributed by atoms with Crippen LogP contribution in [-0.4, -0.2) is 43.3 Å². The molecule has 7 nitrogen and oxygen atoms in total. The van der Waals surface area contributed by atoms with Crippen molar-refractivity contribution < 1.29 is 18.0 Å². The van der Waals surface area contributed by atoms with Crippen LogP contribution in [0.1, 0.15) is 56.4 Å². The van der Waals surface area contributed by atoms with Gasteiger partial charge in [0, 0.05) is 12.1 Å². The van der Waals surface area contributed by atoms with Crippen LogP contribution < -0.4 is 9.62 Å². The maximum absolute atomic E-state index is 14.2. The minimum absolute atomic E-state index is 0.0929. The maximum atomic E-state index is 14.2. The summed E-state index contributed by atoms with van der Waals surface area (Å²) in [6, 6.07) is 20.5. The number of nitrogens with zero attached hydrogens (tertiary/aromatic N) is 2. The standard InChI is InChI=1S/C32H41N3O4S/c1-8-29(31(37)33-32(5,6)7)34(21-26-14-10-9-13-25(26)4)30(36)22-35(27-15-11-12-24(3)20-27)40(38,39)28-18-16-23(2)17-19-28/h9-20,29H,8,21-22H2,1-7H3,(H,33,37)/t29-/m1/s1. The van der Waals surface area contributed by atoms with Crippen molar-refractivity contribution >= 4 is 27.5 Å². The molecule has 0 spiro atoms. The second-order valence-corrected chi connectivity index (χ2v) is 13.1. The monoisotopic (exact) mass is 563 g/mol. The smallest absolute Gasteiger partial charge is 0.264 e. The Morgan fingerprint density at radius 3 is 2.10 bits per heavy atom. The van der Waals surface area contributed by atoms with Crippen LogP contribution in [0.4, 0.5) is 5.69 Å². The van der Waals surface area contributed by atoms with Crippen LogP contribution in [0.5, 0.6) is 0 Å². The fraction of sp³-hybridized carbons (Fsp3) is 0.375.